The quantitative estimate of drug-likeness (QED) is 0.0644. The van der Waals surface area contributed by atoms with Crippen molar-refractivity contribution in [3.63, 3.8) is 0 Å². The zero-order valence-corrected chi connectivity index (χ0v) is 55.8. The Morgan fingerprint density at radius 2 is 1.47 bits per heavy atom. The van der Waals surface area contributed by atoms with Crippen LogP contribution in [0.25, 0.3) is 0 Å². The van der Waals surface area contributed by atoms with Crippen molar-refractivity contribution < 1.29 is 108 Å². The number of nitrogens with zero attached hydrogens (tertiary/aromatic N) is 2. The Hall–Kier alpha value is -4.17. The largest absolute Gasteiger partial charge is 0.461 e. The highest BCUT2D eigenvalue weighted by atomic mass is 32.2. The highest BCUT2D eigenvalue weighted by Gasteiger charge is 2.53. The van der Waals surface area contributed by atoms with Crippen LogP contribution in [0.4, 0.5) is 18.0 Å². The van der Waals surface area contributed by atoms with Crippen molar-refractivity contribution in [2.45, 2.75) is 238 Å². The van der Waals surface area contributed by atoms with Crippen LogP contribution in [-0.2, 0) is 81.3 Å². The van der Waals surface area contributed by atoms with Crippen LogP contribution in [0, 0.1) is 58.9 Å². The van der Waals surface area contributed by atoms with Crippen molar-refractivity contribution in [1.29, 1.82) is 0 Å². The predicted molar refractivity (Wildman–Crippen MR) is 316 cm³/mol. The molecule has 1 amide bonds. The molecule has 24 nitrogen and oxygen atoms in total. The summed E-state index contributed by atoms with van der Waals surface area (Å²) < 4.78 is 142. The van der Waals surface area contributed by atoms with Gasteiger partial charge in [-0.2, -0.15) is 0 Å². The molecule has 89 heavy (non-hydrogen) atoms. The van der Waals surface area contributed by atoms with Gasteiger partial charge in [-0.15, -0.1) is 0 Å². The highest BCUT2D eigenvalue weighted by Crippen LogP contribution is 2.41. The molecule has 4 fully saturated rings. The van der Waals surface area contributed by atoms with Gasteiger partial charge in [0, 0.05) is 82.5 Å². The maximum Gasteiger partial charge on any atom is 0.408 e. The summed E-state index contributed by atoms with van der Waals surface area (Å²) in [7, 11) is 1.07. The predicted octanol–water partition coefficient (Wildman–Crippen LogP) is 6.18. The molecule has 1 aromatic carbocycles. The molecule has 4 aliphatic rings. The first kappa shape index (κ1) is 75.5. The molecule has 0 radical (unpaired) electrons. The first-order valence-electron chi connectivity index (χ1n) is 30.6. The van der Waals surface area contributed by atoms with Gasteiger partial charge in [-0.3, -0.25) is 14.4 Å². The summed E-state index contributed by atoms with van der Waals surface area (Å²) in [5.74, 6) is -13.6. The SMILES string of the molecule is CO/N=C1\C[C@@H](C)O[C@@H](O[C@@H]2[C@@H](C)[C@H](O[C@H]3CC(C)N(C)C[C@H](C)O3)[C@@H](C)C(=O)O[C@H]([C@@H](C)CO[C@@H]3O[C@H](C)[C@@H](O)[C@@H](OC)[C@H]3OC)[C@H](C)[C@@H](OC(=O)CC(C)C)[C@@H](C)C(=O)[C@@](C)(OC(=O)NC(C)(C)CNS(=O)(=O)c3c(F)cc(F)cc3F)C[C@@H]2C)[C@@H]1O. The number of alkyl carbamates (subject to hydrolysis) is 1. The fraction of sp³-hybridized carbons (Fsp3) is 0.820. The molecule has 1 unspecified atom stereocenters. The van der Waals surface area contributed by atoms with E-state index < -0.39 is 196 Å². The molecule has 28 heteroatoms. The maximum absolute atomic E-state index is 16.0. The Bertz CT molecular complexity index is 2660. The lowest BCUT2D eigenvalue weighted by atomic mass is 9.74. The zero-order valence-electron chi connectivity index (χ0n) is 55.0. The van der Waals surface area contributed by atoms with Gasteiger partial charge in [-0.1, -0.05) is 53.6 Å². The summed E-state index contributed by atoms with van der Waals surface area (Å²) in [4.78, 5) is 66.0. The third kappa shape index (κ3) is 19.5. The number of hydrogen-bond acceptors (Lipinski definition) is 22. The van der Waals surface area contributed by atoms with Gasteiger partial charge in [-0.25, -0.2) is 31.1 Å². The number of aliphatic hydroxyl groups excluding tert-OH is 2. The minimum Gasteiger partial charge on any atom is -0.461 e. The summed E-state index contributed by atoms with van der Waals surface area (Å²) in [6.45, 7) is 24.5. The topological polar surface area (TPSA) is 293 Å². The van der Waals surface area contributed by atoms with Gasteiger partial charge in [-0.05, 0) is 80.7 Å². The maximum atomic E-state index is 16.0. The molecule has 0 aromatic heterocycles. The number of Topliss-reactive ketones (excluding diaryl/α,β-unsaturated/α-hetero) is 1. The van der Waals surface area contributed by atoms with Gasteiger partial charge in [0.25, 0.3) is 0 Å². The number of carbonyl (C=O) groups is 4. The number of ether oxygens (including phenoxy) is 11. The van der Waals surface area contributed by atoms with Crippen molar-refractivity contribution in [1.82, 2.24) is 14.9 Å². The van der Waals surface area contributed by atoms with Gasteiger partial charge in [0.1, 0.15) is 61.2 Å². The fourth-order valence-electron chi connectivity index (χ4n) is 12.4. The molecule has 4 aliphatic heterocycles. The van der Waals surface area contributed by atoms with E-state index in [-0.39, 0.29) is 55.4 Å². The number of methoxy groups -OCH3 is 2. The Balaban J connectivity index is 1.71. The van der Waals surface area contributed by atoms with Crippen LogP contribution in [0.5, 0.6) is 0 Å². The minimum absolute atomic E-state index is 0.0709. The molecule has 22 atom stereocenters. The van der Waals surface area contributed by atoms with Crippen LogP contribution < -0.4 is 10.0 Å². The molecule has 0 spiro atoms. The molecule has 1 aromatic rings. The Labute approximate surface area is 522 Å². The summed E-state index contributed by atoms with van der Waals surface area (Å²) in [6, 6.07) is 0.331. The van der Waals surface area contributed by atoms with Crippen LogP contribution >= 0.6 is 0 Å². The van der Waals surface area contributed by atoms with Crippen molar-refractivity contribution >= 4 is 39.6 Å². The second-order valence-corrected chi connectivity index (χ2v) is 27.9. The average Bonchev–Trinajstić information content (AvgIpc) is 1.14. The second-order valence-electron chi connectivity index (χ2n) is 26.2. The van der Waals surface area contributed by atoms with Crippen LogP contribution in [0.15, 0.2) is 22.2 Å². The Kier molecular flexibility index (Phi) is 27.3. The number of rotatable bonds is 20. The summed E-state index contributed by atoms with van der Waals surface area (Å²) in [5.41, 5.74) is -3.72. The number of carbonyl (C=O) groups excluding carboxylic acids is 4. The molecule has 4 saturated heterocycles. The number of esters is 2. The lowest BCUT2D eigenvalue weighted by molar-refractivity contribution is -0.305. The van der Waals surface area contributed by atoms with Gasteiger partial charge >= 0.3 is 18.0 Å². The molecule has 0 aliphatic carbocycles. The zero-order chi connectivity index (χ0) is 66.9. The number of hydrogen-bond donors (Lipinski definition) is 4. The van der Waals surface area contributed by atoms with Crippen LogP contribution in [0.3, 0.4) is 0 Å². The van der Waals surface area contributed by atoms with E-state index in [0.29, 0.717) is 13.0 Å². The molecule has 0 saturated carbocycles. The normalized spacial score (nSPS) is 36.8. The van der Waals surface area contributed by atoms with Crippen molar-refractivity contribution in [2.24, 2.45) is 46.6 Å². The van der Waals surface area contributed by atoms with Crippen molar-refractivity contribution in [3.8, 4) is 0 Å². The molecule has 510 valence electrons. The number of benzene rings is 1. The lowest BCUT2D eigenvalue weighted by Crippen LogP contribution is -2.59. The van der Waals surface area contributed by atoms with E-state index in [4.69, 9.17) is 56.9 Å². The van der Waals surface area contributed by atoms with E-state index in [1.807, 2.05) is 20.9 Å². The monoisotopic (exact) mass is 1300 g/mol. The number of sulfonamides is 1. The first-order chi connectivity index (χ1) is 41.4. The van der Waals surface area contributed by atoms with E-state index in [9.17, 15) is 41.4 Å². The van der Waals surface area contributed by atoms with Crippen molar-refractivity contribution in [2.75, 3.05) is 48.1 Å². The summed E-state index contributed by atoms with van der Waals surface area (Å²) in [5, 5.41) is 29.5. The van der Waals surface area contributed by atoms with E-state index in [1.165, 1.54) is 49.0 Å². The Morgan fingerprint density at radius 3 is 2.07 bits per heavy atom. The number of oxime groups is 1. The third-order valence-electron chi connectivity index (χ3n) is 17.3. The fourth-order valence-corrected chi connectivity index (χ4v) is 13.8. The summed E-state index contributed by atoms with van der Waals surface area (Å²) >= 11 is 0. The smallest absolute Gasteiger partial charge is 0.408 e. The number of nitrogens with one attached hydrogen (secondary N) is 2. The number of aliphatic hydroxyl groups is 2. The minimum atomic E-state index is -5.02. The summed E-state index contributed by atoms with van der Waals surface area (Å²) in [6.07, 6.45) is -15.9. The average molecular weight is 1300 g/mol. The number of ketones is 1. The molecule has 4 heterocycles. The lowest BCUT2D eigenvalue weighted by Gasteiger charge is -2.45. The van der Waals surface area contributed by atoms with Gasteiger partial charge in [0.2, 0.25) is 10.0 Å². The molecular formula is C61H99F3N4O20S. The van der Waals surface area contributed by atoms with E-state index in [0.717, 1.165) is 0 Å². The third-order valence-corrected chi connectivity index (χ3v) is 18.8. The molecule has 5 rings (SSSR count). The van der Waals surface area contributed by atoms with Crippen LogP contribution in [0.1, 0.15) is 130 Å². The molecule has 0 bridgehead atoms. The highest BCUT2D eigenvalue weighted by molar-refractivity contribution is 7.89. The molecule has 4 N–H and O–H groups in total. The molecular weight excluding hydrogens is 1200 g/mol. The van der Waals surface area contributed by atoms with Crippen LogP contribution in [0.2, 0.25) is 0 Å². The number of likely N-dealkylation sites (N-methyl/N-ethyl adjacent to an activating group) is 1. The number of halogens is 3. The van der Waals surface area contributed by atoms with E-state index in [1.54, 1.807) is 62.3 Å². The van der Waals surface area contributed by atoms with E-state index >= 15 is 9.59 Å². The van der Waals surface area contributed by atoms with Gasteiger partial charge in [0.15, 0.2) is 35.1 Å². The Morgan fingerprint density at radius 1 is 0.843 bits per heavy atom. The van der Waals surface area contributed by atoms with Crippen molar-refractivity contribution in [3.05, 3.63) is 29.6 Å². The van der Waals surface area contributed by atoms with Crippen LogP contribution in [-0.4, -0.2) is 204 Å². The number of cyclic esters (lactones) is 1. The number of amides is 1. The van der Waals surface area contributed by atoms with Gasteiger partial charge in [0.05, 0.1) is 60.2 Å². The second kappa shape index (κ2) is 32.1. The first-order valence-corrected chi connectivity index (χ1v) is 32.1. The van der Waals surface area contributed by atoms with E-state index in [2.05, 4.69) is 20.1 Å². The van der Waals surface area contributed by atoms with Gasteiger partial charge < -0.3 is 77.4 Å². The standard InChI is InChI=1S/C61H99F3N4O20S/c1-29(2)20-44(69)84-50-36(9)49(31(4)27-80-58-53(78-18)52(77-17)46(70)39(12)83-58)86-56(73)38(11)51(85-45-21-32(5)68(16)26-34(7)81-45)35(8)48(87-57-47(71)43(67-79-19)22-33(6)82-57)30(3)25-61(15,55(72)37(50)10)88-59(74)66-60(13,14)28-65-89(75,76)54-41(63)23-40(62)24-42(54)64/h23-24,29-39,45-53,57-58,65,70-71H,20-22,25-28H2,1-19H3,(H,66,74)/b67-43+/t30-,31-,32?,33+,34-,35+,36-,37+,38+,39+,45-,46+,47+,48-,49+,50+,51-,52+,53+,57-,58+,61-/m0/s1.